The van der Waals surface area contributed by atoms with Crippen molar-refractivity contribution >= 4 is 17.4 Å². The molecule has 2 fully saturated rings. The zero-order valence-electron chi connectivity index (χ0n) is 13.7. The van der Waals surface area contributed by atoms with Crippen LogP contribution in [0, 0.1) is 16.2 Å². The summed E-state index contributed by atoms with van der Waals surface area (Å²) in [7, 11) is 0. The molecule has 1 aliphatic heterocycles. The second kappa shape index (κ2) is 4.28. The van der Waals surface area contributed by atoms with Gasteiger partial charge < -0.3 is 14.8 Å². The molecule has 1 aromatic carbocycles. The monoisotopic (exact) mass is 315 g/mol. The third-order valence-electron chi connectivity index (χ3n) is 6.77. The van der Waals surface area contributed by atoms with E-state index < -0.39 is 5.41 Å². The molecule has 5 heteroatoms. The number of ketones is 1. The first kappa shape index (κ1) is 14.5. The fraction of sp³-hybridized carbons (Fsp3) is 0.556. The van der Waals surface area contributed by atoms with Crippen molar-refractivity contribution in [2.45, 2.75) is 40.0 Å². The van der Waals surface area contributed by atoms with Crippen molar-refractivity contribution in [3.05, 3.63) is 18.2 Å². The molecule has 1 amide bonds. The lowest BCUT2D eigenvalue weighted by Gasteiger charge is -2.38. The summed E-state index contributed by atoms with van der Waals surface area (Å²) in [4.78, 5) is 25.5. The van der Waals surface area contributed by atoms with Gasteiger partial charge in [0, 0.05) is 23.6 Å². The second-order valence-corrected chi connectivity index (χ2v) is 7.66. The summed E-state index contributed by atoms with van der Waals surface area (Å²) in [6.45, 7) is 6.34. The first-order valence-electron chi connectivity index (χ1n) is 8.05. The normalized spacial score (nSPS) is 33.1. The third-order valence-corrected chi connectivity index (χ3v) is 6.77. The number of carbonyl (C=O) groups is 2. The number of hydrogen-bond acceptors (Lipinski definition) is 4. The van der Waals surface area contributed by atoms with Gasteiger partial charge in [0.1, 0.15) is 5.78 Å². The Kier molecular flexibility index (Phi) is 2.70. The maximum absolute atomic E-state index is 13.1. The fourth-order valence-corrected chi connectivity index (χ4v) is 4.59. The first-order chi connectivity index (χ1) is 10.8. The standard InChI is InChI=1S/C18H21NO4/c1-16(2)17(3)6-7-18(16,9-14(17)20)15(21)19-11-4-5-12-13(8-11)23-10-22-12/h4-5,8H,6-7,9-10H2,1-3H3,(H,19,21). The van der Waals surface area contributed by atoms with E-state index in [9.17, 15) is 9.59 Å². The van der Waals surface area contributed by atoms with E-state index in [1.165, 1.54) is 0 Å². The lowest BCUT2D eigenvalue weighted by atomic mass is 9.64. The Labute approximate surface area is 135 Å². The van der Waals surface area contributed by atoms with Crippen LogP contribution in [0.3, 0.4) is 0 Å². The molecule has 0 radical (unpaired) electrons. The Morgan fingerprint density at radius 2 is 1.87 bits per heavy atom. The molecule has 2 saturated carbocycles. The van der Waals surface area contributed by atoms with E-state index in [1.54, 1.807) is 18.2 Å². The fourth-order valence-electron chi connectivity index (χ4n) is 4.59. The topological polar surface area (TPSA) is 64.6 Å². The highest BCUT2D eigenvalue weighted by atomic mass is 16.7. The van der Waals surface area contributed by atoms with Gasteiger partial charge in [-0.2, -0.15) is 0 Å². The van der Waals surface area contributed by atoms with Gasteiger partial charge >= 0.3 is 0 Å². The largest absolute Gasteiger partial charge is 0.454 e. The molecule has 122 valence electrons. The Hall–Kier alpha value is -2.04. The van der Waals surface area contributed by atoms with Gasteiger partial charge in [-0.05, 0) is 30.4 Å². The van der Waals surface area contributed by atoms with Crippen molar-refractivity contribution in [1.82, 2.24) is 0 Å². The van der Waals surface area contributed by atoms with Crippen LogP contribution in [0.4, 0.5) is 5.69 Å². The van der Waals surface area contributed by atoms with Crippen molar-refractivity contribution in [2.75, 3.05) is 12.1 Å². The van der Waals surface area contributed by atoms with Crippen LogP contribution >= 0.6 is 0 Å². The van der Waals surface area contributed by atoms with E-state index in [-0.39, 0.29) is 29.3 Å². The minimum atomic E-state index is -0.616. The molecule has 5 nitrogen and oxygen atoms in total. The van der Waals surface area contributed by atoms with Crippen LogP contribution in [-0.2, 0) is 9.59 Å². The quantitative estimate of drug-likeness (QED) is 0.910. The number of amides is 1. The molecule has 2 aliphatic carbocycles. The summed E-state index contributed by atoms with van der Waals surface area (Å²) in [5.74, 6) is 1.48. The zero-order valence-corrected chi connectivity index (χ0v) is 13.7. The Balaban J connectivity index is 1.64. The van der Waals surface area contributed by atoms with Crippen molar-refractivity contribution < 1.29 is 19.1 Å². The number of rotatable bonds is 2. The first-order valence-corrected chi connectivity index (χ1v) is 8.05. The number of Topliss-reactive ketones (excluding diaryl/α,β-unsaturated/α-hetero) is 1. The van der Waals surface area contributed by atoms with Gasteiger partial charge in [0.05, 0.1) is 5.41 Å². The van der Waals surface area contributed by atoms with Crippen LogP contribution in [0.25, 0.3) is 0 Å². The molecule has 3 aliphatic rings. The van der Waals surface area contributed by atoms with Crippen molar-refractivity contribution in [1.29, 1.82) is 0 Å². The summed E-state index contributed by atoms with van der Waals surface area (Å²) >= 11 is 0. The van der Waals surface area contributed by atoms with E-state index in [1.807, 2.05) is 6.92 Å². The third kappa shape index (κ3) is 1.62. The smallest absolute Gasteiger partial charge is 0.231 e. The van der Waals surface area contributed by atoms with Gasteiger partial charge in [-0.3, -0.25) is 9.59 Å². The molecule has 0 saturated heterocycles. The Morgan fingerprint density at radius 3 is 2.52 bits per heavy atom. The number of ether oxygens (including phenoxy) is 2. The highest BCUT2D eigenvalue weighted by Gasteiger charge is 2.72. The molecular formula is C18H21NO4. The van der Waals surface area contributed by atoms with E-state index in [2.05, 4.69) is 19.2 Å². The molecular weight excluding hydrogens is 294 g/mol. The minimum Gasteiger partial charge on any atom is -0.454 e. The summed E-state index contributed by atoms with van der Waals surface area (Å²) in [6, 6.07) is 5.37. The molecule has 2 atom stereocenters. The van der Waals surface area contributed by atoms with E-state index >= 15 is 0 Å². The van der Waals surface area contributed by atoms with Gasteiger partial charge in [0.15, 0.2) is 11.5 Å². The van der Waals surface area contributed by atoms with Crippen molar-refractivity contribution in [3.8, 4) is 11.5 Å². The molecule has 0 aromatic heterocycles. The summed E-state index contributed by atoms with van der Waals surface area (Å²) in [6.07, 6.45) is 1.89. The summed E-state index contributed by atoms with van der Waals surface area (Å²) in [5, 5.41) is 3.00. The predicted molar refractivity (Wildman–Crippen MR) is 84.4 cm³/mol. The Bertz CT molecular complexity index is 726. The van der Waals surface area contributed by atoms with Crippen LogP contribution in [0.1, 0.15) is 40.0 Å². The molecule has 2 unspecified atom stereocenters. The van der Waals surface area contributed by atoms with Gasteiger partial charge in [0.2, 0.25) is 12.7 Å². The van der Waals surface area contributed by atoms with Crippen molar-refractivity contribution in [2.24, 2.45) is 16.2 Å². The molecule has 1 aromatic rings. The highest BCUT2D eigenvalue weighted by molar-refractivity contribution is 6.04. The van der Waals surface area contributed by atoms with Crippen LogP contribution in [0.5, 0.6) is 11.5 Å². The van der Waals surface area contributed by atoms with Gasteiger partial charge in [-0.1, -0.05) is 20.8 Å². The van der Waals surface area contributed by atoms with Crippen molar-refractivity contribution in [3.63, 3.8) is 0 Å². The van der Waals surface area contributed by atoms with Gasteiger partial charge in [-0.15, -0.1) is 0 Å². The number of carbonyl (C=O) groups excluding carboxylic acids is 2. The molecule has 4 rings (SSSR count). The maximum Gasteiger partial charge on any atom is 0.231 e. The number of anilines is 1. The Morgan fingerprint density at radius 1 is 1.13 bits per heavy atom. The maximum atomic E-state index is 13.1. The molecule has 0 spiro atoms. The van der Waals surface area contributed by atoms with Gasteiger partial charge in [0.25, 0.3) is 0 Å². The number of benzene rings is 1. The van der Waals surface area contributed by atoms with E-state index in [4.69, 9.17) is 9.47 Å². The van der Waals surface area contributed by atoms with E-state index in [0.717, 1.165) is 12.8 Å². The summed E-state index contributed by atoms with van der Waals surface area (Å²) < 4.78 is 10.6. The second-order valence-electron chi connectivity index (χ2n) is 7.66. The summed E-state index contributed by atoms with van der Waals surface area (Å²) in [5.41, 5.74) is -0.663. The lowest BCUT2D eigenvalue weighted by Crippen LogP contribution is -2.43. The lowest BCUT2D eigenvalue weighted by molar-refractivity contribution is -0.131. The van der Waals surface area contributed by atoms with Crippen LogP contribution in [-0.4, -0.2) is 18.5 Å². The molecule has 23 heavy (non-hydrogen) atoms. The van der Waals surface area contributed by atoms with Crippen LogP contribution in [0.15, 0.2) is 18.2 Å². The number of nitrogens with one attached hydrogen (secondary N) is 1. The zero-order chi connectivity index (χ0) is 16.5. The average molecular weight is 315 g/mol. The number of hydrogen-bond donors (Lipinski definition) is 1. The predicted octanol–water partition coefficient (Wildman–Crippen LogP) is 3.14. The molecule has 1 heterocycles. The average Bonchev–Trinajstić information content (AvgIpc) is 3.08. The van der Waals surface area contributed by atoms with E-state index in [0.29, 0.717) is 23.6 Å². The molecule has 2 bridgehead atoms. The number of fused-ring (bicyclic) bond motifs is 3. The SMILES string of the molecule is CC12CCC(C(=O)Nc3ccc4c(c3)OCO4)(CC1=O)C2(C)C. The molecule has 1 N–H and O–H groups in total. The minimum absolute atomic E-state index is 0.0593. The van der Waals surface area contributed by atoms with Gasteiger partial charge in [-0.25, -0.2) is 0 Å². The highest BCUT2D eigenvalue weighted by Crippen LogP contribution is 2.70. The van der Waals surface area contributed by atoms with Crippen LogP contribution < -0.4 is 14.8 Å². The van der Waals surface area contributed by atoms with Crippen LogP contribution in [0.2, 0.25) is 0 Å².